The Morgan fingerprint density at radius 3 is 2.81 bits per heavy atom. The van der Waals surface area contributed by atoms with E-state index in [0.29, 0.717) is 31.1 Å². The standard InChI is InChI=1S/C19H17BrN2O4S/c20-13-9-15-14(25-5-6-26-15)8-11(13)10-22-17(23)19(21-18(22)24)4-1-2-16-12(19)3-7-27-16/h3,7-9H,1-2,4-6,10H2,(H,21,24). The van der Waals surface area contributed by atoms with Gasteiger partial charge in [-0.3, -0.25) is 9.69 Å². The highest BCUT2D eigenvalue weighted by Gasteiger charge is 2.54. The Bertz CT molecular complexity index is 959. The first-order valence-electron chi connectivity index (χ1n) is 8.87. The van der Waals surface area contributed by atoms with E-state index in [1.165, 1.54) is 9.78 Å². The number of halogens is 1. The van der Waals surface area contributed by atoms with Gasteiger partial charge in [-0.25, -0.2) is 4.79 Å². The van der Waals surface area contributed by atoms with Crippen molar-refractivity contribution in [1.82, 2.24) is 10.2 Å². The summed E-state index contributed by atoms with van der Waals surface area (Å²) in [6.07, 6.45) is 2.49. The number of benzene rings is 1. The molecule has 1 unspecified atom stereocenters. The molecule has 1 atom stereocenters. The number of rotatable bonds is 2. The highest BCUT2D eigenvalue weighted by molar-refractivity contribution is 9.10. The van der Waals surface area contributed by atoms with Crippen LogP contribution >= 0.6 is 27.3 Å². The maximum Gasteiger partial charge on any atom is 0.325 e. The number of aryl methyl sites for hydroxylation is 1. The third kappa shape index (κ3) is 2.57. The van der Waals surface area contributed by atoms with Crippen molar-refractivity contribution in [3.63, 3.8) is 0 Å². The van der Waals surface area contributed by atoms with E-state index in [1.54, 1.807) is 11.3 Å². The molecule has 2 aromatic rings. The highest BCUT2D eigenvalue weighted by atomic mass is 79.9. The van der Waals surface area contributed by atoms with Crippen LogP contribution in [0.3, 0.4) is 0 Å². The monoisotopic (exact) mass is 448 g/mol. The SMILES string of the molecule is O=C1NC2(CCCc3sccc32)C(=O)N1Cc1cc2c(cc1Br)OCCO2. The maximum absolute atomic E-state index is 13.3. The van der Waals surface area contributed by atoms with Crippen molar-refractivity contribution in [1.29, 1.82) is 0 Å². The van der Waals surface area contributed by atoms with Gasteiger partial charge >= 0.3 is 6.03 Å². The first-order chi connectivity index (χ1) is 13.1. The van der Waals surface area contributed by atoms with E-state index in [-0.39, 0.29) is 18.5 Å². The molecule has 2 aliphatic heterocycles. The van der Waals surface area contributed by atoms with E-state index < -0.39 is 5.54 Å². The first-order valence-corrected chi connectivity index (χ1v) is 10.5. The summed E-state index contributed by atoms with van der Waals surface area (Å²) in [6, 6.07) is 5.29. The first kappa shape index (κ1) is 17.1. The molecule has 1 N–H and O–H groups in total. The van der Waals surface area contributed by atoms with E-state index in [0.717, 1.165) is 28.4 Å². The number of thiophene rings is 1. The number of urea groups is 1. The molecule has 3 heterocycles. The van der Waals surface area contributed by atoms with Crippen molar-refractivity contribution in [2.45, 2.75) is 31.3 Å². The number of imide groups is 1. The van der Waals surface area contributed by atoms with Crippen LogP contribution in [0.25, 0.3) is 0 Å². The molecule has 0 saturated carbocycles. The van der Waals surface area contributed by atoms with Gasteiger partial charge in [0.05, 0.1) is 6.54 Å². The summed E-state index contributed by atoms with van der Waals surface area (Å²) < 4.78 is 12.0. The van der Waals surface area contributed by atoms with Gasteiger partial charge in [0.1, 0.15) is 18.8 Å². The summed E-state index contributed by atoms with van der Waals surface area (Å²) in [5.74, 6) is 1.13. The van der Waals surface area contributed by atoms with Crippen molar-refractivity contribution in [2.24, 2.45) is 0 Å². The van der Waals surface area contributed by atoms with E-state index in [1.807, 2.05) is 23.6 Å². The molecule has 27 heavy (non-hydrogen) atoms. The van der Waals surface area contributed by atoms with Gasteiger partial charge in [-0.2, -0.15) is 0 Å². The van der Waals surface area contributed by atoms with Gasteiger partial charge < -0.3 is 14.8 Å². The molecule has 1 aliphatic carbocycles. The van der Waals surface area contributed by atoms with Crippen molar-refractivity contribution in [3.8, 4) is 11.5 Å². The molecule has 1 aromatic heterocycles. The van der Waals surface area contributed by atoms with Crippen LogP contribution < -0.4 is 14.8 Å². The molecule has 3 amide bonds. The second kappa shape index (κ2) is 6.24. The van der Waals surface area contributed by atoms with Crippen molar-refractivity contribution in [2.75, 3.05) is 13.2 Å². The smallest absolute Gasteiger partial charge is 0.325 e. The van der Waals surface area contributed by atoms with Gasteiger partial charge in [0.2, 0.25) is 0 Å². The van der Waals surface area contributed by atoms with Gasteiger partial charge in [-0.05, 0) is 48.4 Å². The third-order valence-electron chi connectivity index (χ3n) is 5.38. The Balaban J connectivity index is 1.48. The van der Waals surface area contributed by atoms with Gasteiger partial charge in [-0.15, -0.1) is 11.3 Å². The molecule has 1 saturated heterocycles. The van der Waals surface area contributed by atoms with Crippen LogP contribution in [-0.4, -0.2) is 30.1 Å². The lowest BCUT2D eigenvalue weighted by Crippen LogP contribution is -2.46. The molecule has 140 valence electrons. The normalized spacial score (nSPS) is 23.5. The predicted octanol–water partition coefficient (Wildman–Crippen LogP) is 3.57. The molecule has 1 aromatic carbocycles. The molecule has 1 spiro atoms. The highest BCUT2D eigenvalue weighted by Crippen LogP contribution is 2.43. The zero-order valence-electron chi connectivity index (χ0n) is 14.4. The summed E-state index contributed by atoms with van der Waals surface area (Å²) in [4.78, 5) is 28.6. The molecule has 0 bridgehead atoms. The number of nitrogens with zero attached hydrogens (tertiary/aromatic N) is 1. The minimum absolute atomic E-state index is 0.173. The molecule has 1 fully saturated rings. The van der Waals surface area contributed by atoms with Gasteiger partial charge in [0, 0.05) is 14.9 Å². The fourth-order valence-electron chi connectivity index (χ4n) is 4.08. The average molecular weight is 449 g/mol. The fraction of sp³-hybridized carbons (Fsp3) is 0.368. The lowest BCUT2D eigenvalue weighted by Gasteiger charge is -2.31. The molecule has 0 radical (unpaired) electrons. The summed E-state index contributed by atoms with van der Waals surface area (Å²) in [7, 11) is 0. The second-order valence-electron chi connectivity index (χ2n) is 6.93. The zero-order valence-corrected chi connectivity index (χ0v) is 16.8. The van der Waals surface area contributed by atoms with E-state index in [9.17, 15) is 9.59 Å². The Hall–Kier alpha value is -2.06. The summed E-state index contributed by atoms with van der Waals surface area (Å²) in [6.45, 7) is 1.18. The molecule has 5 rings (SSSR count). The van der Waals surface area contributed by atoms with Crippen molar-refractivity contribution >= 4 is 39.2 Å². The minimum Gasteiger partial charge on any atom is -0.486 e. The average Bonchev–Trinajstić information content (AvgIpc) is 3.23. The Kier molecular flexibility index (Phi) is 3.94. The quantitative estimate of drug-likeness (QED) is 0.713. The van der Waals surface area contributed by atoms with Crippen LogP contribution in [0.2, 0.25) is 0 Å². The molecule has 3 aliphatic rings. The second-order valence-corrected chi connectivity index (χ2v) is 8.78. The van der Waals surface area contributed by atoms with Gasteiger partial charge in [0.15, 0.2) is 11.5 Å². The Morgan fingerprint density at radius 2 is 2.00 bits per heavy atom. The van der Waals surface area contributed by atoms with Crippen LogP contribution in [0.1, 0.15) is 28.8 Å². The number of amides is 3. The molecular formula is C19H17BrN2O4S. The minimum atomic E-state index is -0.912. The number of hydrogen-bond acceptors (Lipinski definition) is 5. The molecule has 6 nitrogen and oxygen atoms in total. The Labute approximate surface area is 168 Å². The number of hydrogen-bond donors (Lipinski definition) is 1. The number of carbonyl (C=O) groups is 2. The molecule has 8 heteroatoms. The number of carbonyl (C=O) groups excluding carboxylic acids is 2. The van der Waals surface area contributed by atoms with Gasteiger partial charge in [-0.1, -0.05) is 15.9 Å². The summed E-state index contributed by atoms with van der Waals surface area (Å²) in [5.41, 5.74) is 0.854. The van der Waals surface area contributed by atoms with E-state index in [2.05, 4.69) is 21.2 Å². The topological polar surface area (TPSA) is 67.9 Å². The largest absolute Gasteiger partial charge is 0.486 e. The lowest BCUT2D eigenvalue weighted by atomic mass is 9.80. The van der Waals surface area contributed by atoms with Crippen LogP contribution in [0.15, 0.2) is 28.1 Å². The molecular weight excluding hydrogens is 432 g/mol. The fourth-order valence-corrected chi connectivity index (χ4v) is 5.53. The van der Waals surface area contributed by atoms with Crippen LogP contribution in [0.5, 0.6) is 11.5 Å². The van der Waals surface area contributed by atoms with Crippen LogP contribution in [-0.2, 0) is 23.3 Å². The van der Waals surface area contributed by atoms with E-state index in [4.69, 9.17) is 9.47 Å². The third-order valence-corrected chi connectivity index (χ3v) is 7.10. The number of nitrogens with one attached hydrogen (secondary N) is 1. The lowest BCUT2D eigenvalue weighted by molar-refractivity contribution is -0.132. The van der Waals surface area contributed by atoms with Gasteiger partial charge in [0.25, 0.3) is 5.91 Å². The van der Waals surface area contributed by atoms with Crippen molar-refractivity contribution in [3.05, 3.63) is 44.1 Å². The van der Waals surface area contributed by atoms with E-state index >= 15 is 0 Å². The predicted molar refractivity (Wildman–Crippen MR) is 103 cm³/mol. The summed E-state index contributed by atoms with van der Waals surface area (Å²) in [5, 5.41) is 4.98. The summed E-state index contributed by atoms with van der Waals surface area (Å²) >= 11 is 5.18. The number of fused-ring (bicyclic) bond motifs is 3. The Morgan fingerprint density at radius 1 is 1.22 bits per heavy atom. The zero-order chi connectivity index (χ0) is 18.6. The number of ether oxygens (including phenoxy) is 2. The van der Waals surface area contributed by atoms with Crippen molar-refractivity contribution < 1.29 is 19.1 Å². The van der Waals surface area contributed by atoms with Crippen LogP contribution in [0.4, 0.5) is 4.79 Å². The van der Waals surface area contributed by atoms with Crippen LogP contribution in [0, 0.1) is 0 Å². The maximum atomic E-state index is 13.3.